The van der Waals surface area contributed by atoms with Gasteiger partial charge < -0.3 is 4.74 Å². The third-order valence-corrected chi connectivity index (χ3v) is 5.95. The highest BCUT2D eigenvalue weighted by molar-refractivity contribution is 7.91. The number of thiol groups is 1. The van der Waals surface area contributed by atoms with E-state index in [0.717, 1.165) is 11.4 Å². The first-order chi connectivity index (χ1) is 11.2. The quantitative estimate of drug-likeness (QED) is 0.509. The summed E-state index contributed by atoms with van der Waals surface area (Å²) in [5.41, 5.74) is -0.711. The number of carbonyl (C=O) groups is 1. The van der Waals surface area contributed by atoms with E-state index in [1.165, 1.54) is 18.2 Å². The second-order valence-corrected chi connectivity index (χ2v) is 8.26. The minimum Gasteiger partial charge on any atom is -0.465 e. The summed E-state index contributed by atoms with van der Waals surface area (Å²) in [6.07, 6.45) is 0.491. The van der Waals surface area contributed by atoms with Crippen molar-refractivity contribution in [2.45, 2.75) is 19.8 Å². The molecule has 0 amide bonds. The molecule has 0 atom stereocenters. The zero-order valence-corrected chi connectivity index (χ0v) is 15.1. The first kappa shape index (κ1) is 20.4. The van der Waals surface area contributed by atoms with Gasteiger partial charge in [-0.25, -0.2) is 26.0 Å². The maximum atomic E-state index is 14.4. The van der Waals surface area contributed by atoms with Gasteiger partial charge in [0.2, 0.25) is 10.9 Å². The maximum Gasteiger partial charge on any atom is 0.340 e. The van der Waals surface area contributed by atoms with E-state index >= 15 is 0 Å². The van der Waals surface area contributed by atoms with E-state index in [-0.39, 0.29) is 30.2 Å². The van der Waals surface area contributed by atoms with Crippen LogP contribution < -0.4 is 4.31 Å². The summed E-state index contributed by atoms with van der Waals surface area (Å²) in [7, 11) is -5.38. The van der Waals surface area contributed by atoms with Gasteiger partial charge in [0.15, 0.2) is 5.82 Å². The van der Waals surface area contributed by atoms with Gasteiger partial charge in [-0.05, 0) is 25.0 Å². The number of nitrogens with zero attached hydrogens (tertiary/aromatic N) is 1. The summed E-state index contributed by atoms with van der Waals surface area (Å²) in [5, 5.41) is 0. The number of rotatable bonds is 9. The van der Waals surface area contributed by atoms with E-state index < -0.39 is 38.1 Å². The van der Waals surface area contributed by atoms with Crippen LogP contribution >= 0.6 is 0 Å². The van der Waals surface area contributed by atoms with Crippen LogP contribution in [0.15, 0.2) is 18.2 Å². The van der Waals surface area contributed by atoms with E-state index in [0.29, 0.717) is 6.42 Å². The lowest BCUT2D eigenvalue weighted by molar-refractivity contribution is 0.0595. The van der Waals surface area contributed by atoms with Crippen molar-refractivity contribution in [2.24, 2.45) is 0 Å². The minimum atomic E-state index is -3.26. The summed E-state index contributed by atoms with van der Waals surface area (Å²) >= 11 is 0. The predicted molar refractivity (Wildman–Crippen MR) is 89.0 cm³/mol. The number of halogens is 1. The maximum absolute atomic E-state index is 14.4. The van der Waals surface area contributed by atoms with Crippen LogP contribution in [0.2, 0.25) is 0 Å². The smallest absolute Gasteiger partial charge is 0.340 e. The van der Waals surface area contributed by atoms with Gasteiger partial charge in [0, 0.05) is 12.3 Å². The summed E-state index contributed by atoms with van der Waals surface area (Å²) in [4.78, 5) is 11.5. The number of methoxy groups -OCH3 is 1. The zero-order chi connectivity index (χ0) is 18.3. The average Bonchev–Trinajstić information content (AvgIpc) is 2.51. The van der Waals surface area contributed by atoms with Crippen LogP contribution in [0.5, 0.6) is 0 Å². The highest BCUT2D eigenvalue weighted by Crippen LogP contribution is 2.23. The molecule has 0 unspecified atom stereocenters. The molecule has 1 rings (SSSR count). The molecule has 24 heavy (non-hydrogen) atoms. The van der Waals surface area contributed by atoms with Gasteiger partial charge in [0.1, 0.15) is 9.84 Å². The molecule has 0 N–H and O–H groups in total. The van der Waals surface area contributed by atoms with Crippen molar-refractivity contribution >= 4 is 32.4 Å². The highest BCUT2D eigenvalue weighted by atomic mass is 32.2. The van der Waals surface area contributed by atoms with Gasteiger partial charge in [-0.1, -0.05) is 13.0 Å². The number of hydrogen-bond donors (Lipinski definition) is 1. The Balaban J connectivity index is 3.00. The lowest BCUT2D eigenvalue weighted by Crippen LogP contribution is -2.26. The zero-order valence-electron chi connectivity index (χ0n) is 13.4. The molecule has 0 bridgehead atoms. The number of benzene rings is 1. The SMILES string of the molecule is CCCS(=O)(=O)CCCN(c1cccc(C(=O)OC)c1F)[SH](=O)=O. The summed E-state index contributed by atoms with van der Waals surface area (Å²) < 4.78 is 65.7. The molecule has 0 aromatic heterocycles. The van der Waals surface area contributed by atoms with Gasteiger partial charge in [-0.15, -0.1) is 0 Å². The monoisotopic (exact) mass is 381 g/mol. The molecule has 0 radical (unpaired) electrons. The molecule has 0 saturated carbocycles. The molecule has 0 heterocycles. The standard InChI is InChI=1S/C14H20FNO6S2/c1-3-9-24(20,21)10-5-8-16(23(18)19)12-7-4-6-11(13(12)15)14(17)22-2/h4,6-7,23H,3,5,8-10H2,1-2H3. The fourth-order valence-electron chi connectivity index (χ4n) is 2.12. The van der Waals surface area contributed by atoms with Crippen LogP contribution in [-0.4, -0.2) is 48.0 Å². The van der Waals surface area contributed by atoms with E-state index in [1.807, 2.05) is 0 Å². The molecule has 0 saturated heterocycles. The first-order valence-corrected chi connectivity index (χ1v) is 10.2. The first-order valence-electron chi connectivity index (χ1n) is 7.22. The second kappa shape index (κ2) is 8.97. The molecule has 1 aromatic rings. The number of ether oxygens (including phenoxy) is 1. The van der Waals surface area contributed by atoms with Crippen molar-refractivity contribution in [3.05, 3.63) is 29.6 Å². The molecule has 0 aliphatic heterocycles. The average molecular weight is 381 g/mol. The molecule has 0 spiro atoms. The topological polar surface area (TPSA) is 97.8 Å². The Morgan fingerprint density at radius 3 is 2.50 bits per heavy atom. The molecule has 0 aliphatic rings. The predicted octanol–water partition coefficient (Wildman–Crippen LogP) is 1.16. The minimum absolute atomic E-state index is 0.0166. The van der Waals surface area contributed by atoms with E-state index in [2.05, 4.69) is 4.74 Å². The lowest BCUT2D eigenvalue weighted by atomic mass is 10.2. The highest BCUT2D eigenvalue weighted by Gasteiger charge is 2.21. The Bertz CT molecular complexity index is 753. The van der Waals surface area contributed by atoms with Crippen LogP contribution in [0.1, 0.15) is 30.1 Å². The Hall–Kier alpha value is -1.68. The summed E-state index contributed by atoms with van der Waals surface area (Å²) in [6.45, 7) is 1.52. The van der Waals surface area contributed by atoms with Crippen molar-refractivity contribution in [1.29, 1.82) is 0 Å². The van der Waals surface area contributed by atoms with Crippen molar-refractivity contribution in [3.63, 3.8) is 0 Å². The molecule has 7 nitrogen and oxygen atoms in total. The third-order valence-electron chi connectivity index (χ3n) is 3.20. The van der Waals surface area contributed by atoms with Gasteiger partial charge >= 0.3 is 5.97 Å². The number of hydrogen-bond acceptors (Lipinski definition) is 6. The van der Waals surface area contributed by atoms with Crippen molar-refractivity contribution in [2.75, 3.05) is 29.5 Å². The van der Waals surface area contributed by atoms with Crippen molar-refractivity contribution in [1.82, 2.24) is 0 Å². The largest absolute Gasteiger partial charge is 0.465 e. The normalized spacial score (nSPS) is 11.5. The van der Waals surface area contributed by atoms with Crippen LogP contribution in [0, 0.1) is 5.82 Å². The molecule has 10 heteroatoms. The Kier molecular flexibility index (Phi) is 7.61. The van der Waals surface area contributed by atoms with E-state index in [1.54, 1.807) is 6.92 Å². The second-order valence-electron chi connectivity index (χ2n) is 5.00. The van der Waals surface area contributed by atoms with Crippen LogP contribution in [0.25, 0.3) is 0 Å². The molecule has 0 fully saturated rings. The van der Waals surface area contributed by atoms with Gasteiger partial charge in [0.05, 0.1) is 24.1 Å². The van der Waals surface area contributed by atoms with Crippen LogP contribution in [-0.2, 0) is 25.5 Å². The van der Waals surface area contributed by atoms with Gasteiger partial charge in [-0.2, -0.15) is 0 Å². The van der Waals surface area contributed by atoms with E-state index in [4.69, 9.17) is 0 Å². The molecule has 136 valence electrons. The van der Waals surface area contributed by atoms with Crippen LogP contribution in [0.4, 0.5) is 10.1 Å². The number of anilines is 1. The number of sulfone groups is 1. The molecular weight excluding hydrogens is 361 g/mol. The summed E-state index contributed by atoms with van der Waals surface area (Å²) in [6, 6.07) is 3.70. The molecule has 0 aliphatic carbocycles. The number of esters is 1. The Morgan fingerprint density at radius 1 is 1.29 bits per heavy atom. The number of carbonyl (C=O) groups excluding carboxylic acids is 1. The Labute approximate surface area is 142 Å². The third kappa shape index (κ3) is 5.45. The van der Waals surface area contributed by atoms with Crippen molar-refractivity contribution in [3.8, 4) is 0 Å². The van der Waals surface area contributed by atoms with Gasteiger partial charge in [0.25, 0.3) is 0 Å². The van der Waals surface area contributed by atoms with E-state index in [9.17, 15) is 26.0 Å². The fourth-order valence-corrected chi connectivity index (χ4v) is 4.15. The molecular formula is C14H20FNO6S2. The van der Waals surface area contributed by atoms with Gasteiger partial charge in [-0.3, -0.25) is 4.31 Å². The fraction of sp³-hybridized carbons (Fsp3) is 0.500. The Morgan fingerprint density at radius 2 is 1.96 bits per heavy atom. The molecule has 1 aromatic carbocycles. The van der Waals surface area contributed by atoms with Crippen molar-refractivity contribution < 1.29 is 30.8 Å². The summed E-state index contributed by atoms with van der Waals surface area (Å²) in [5.74, 6) is -2.14. The van der Waals surface area contributed by atoms with Crippen LogP contribution in [0.3, 0.4) is 0 Å². The lowest BCUT2D eigenvalue weighted by Gasteiger charge is -2.19.